The molecule has 1 heterocycles. The molecule has 5 heteroatoms. The van der Waals surface area contributed by atoms with Crippen molar-refractivity contribution in [1.82, 2.24) is 4.90 Å². The molecule has 0 aliphatic heterocycles. The molecule has 1 aliphatic carbocycles. The standard InChI is InChI=1S/C18H18BrNO2S/c19-14-5-3-13(4-6-14)17(21)9-10-18(22)20(15-7-8-15)12-16-2-1-11-23-16/h1-6,11,15H,7-10,12H2. The van der Waals surface area contributed by atoms with Crippen molar-refractivity contribution in [1.29, 1.82) is 0 Å². The lowest BCUT2D eigenvalue weighted by atomic mass is 10.1. The van der Waals surface area contributed by atoms with Gasteiger partial charge in [-0.15, -0.1) is 11.3 Å². The summed E-state index contributed by atoms with van der Waals surface area (Å²) in [5.74, 6) is 0.115. The van der Waals surface area contributed by atoms with E-state index in [0.717, 1.165) is 17.3 Å². The molecule has 0 unspecified atom stereocenters. The topological polar surface area (TPSA) is 37.4 Å². The quantitative estimate of drug-likeness (QED) is 0.643. The van der Waals surface area contributed by atoms with Crippen LogP contribution in [-0.4, -0.2) is 22.6 Å². The summed E-state index contributed by atoms with van der Waals surface area (Å²) < 4.78 is 0.945. The second-order valence-corrected chi connectivity index (χ2v) is 7.71. The second kappa shape index (κ2) is 7.41. The Labute approximate surface area is 148 Å². The molecule has 1 saturated carbocycles. The molecule has 0 spiro atoms. The zero-order valence-electron chi connectivity index (χ0n) is 12.7. The molecule has 3 rings (SSSR count). The normalized spacial score (nSPS) is 13.8. The number of carbonyl (C=O) groups is 2. The third-order valence-corrected chi connectivity index (χ3v) is 5.34. The van der Waals surface area contributed by atoms with E-state index < -0.39 is 0 Å². The molecular weight excluding hydrogens is 374 g/mol. The van der Waals surface area contributed by atoms with Crippen molar-refractivity contribution in [3.63, 3.8) is 0 Å². The molecule has 0 radical (unpaired) electrons. The van der Waals surface area contributed by atoms with Gasteiger partial charge in [0.2, 0.25) is 5.91 Å². The van der Waals surface area contributed by atoms with Crippen LogP contribution in [-0.2, 0) is 11.3 Å². The second-order valence-electron chi connectivity index (χ2n) is 5.76. The Balaban J connectivity index is 1.56. The largest absolute Gasteiger partial charge is 0.335 e. The van der Waals surface area contributed by atoms with Crippen molar-refractivity contribution < 1.29 is 9.59 Å². The van der Waals surface area contributed by atoms with Crippen LogP contribution in [0.1, 0.15) is 40.9 Å². The van der Waals surface area contributed by atoms with Crippen LogP contribution in [0.25, 0.3) is 0 Å². The Morgan fingerprint density at radius 2 is 1.87 bits per heavy atom. The minimum Gasteiger partial charge on any atom is -0.335 e. The van der Waals surface area contributed by atoms with Crippen LogP contribution in [0.5, 0.6) is 0 Å². The summed E-state index contributed by atoms with van der Waals surface area (Å²) in [5, 5.41) is 2.03. The van der Waals surface area contributed by atoms with E-state index in [4.69, 9.17) is 0 Å². The summed E-state index contributed by atoms with van der Waals surface area (Å²) in [6.45, 7) is 0.674. The fraction of sp³-hybridized carbons (Fsp3) is 0.333. The van der Waals surface area contributed by atoms with Crippen molar-refractivity contribution in [2.75, 3.05) is 0 Å². The minimum absolute atomic E-state index is 0.0257. The lowest BCUT2D eigenvalue weighted by molar-refractivity contribution is -0.132. The van der Waals surface area contributed by atoms with E-state index in [-0.39, 0.29) is 24.5 Å². The van der Waals surface area contributed by atoms with Crippen molar-refractivity contribution in [2.24, 2.45) is 0 Å². The van der Waals surface area contributed by atoms with Gasteiger partial charge < -0.3 is 4.90 Å². The molecule has 23 heavy (non-hydrogen) atoms. The Kier molecular flexibility index (Phi) is 5.28. The molecule has 1 aliphatic rings. The number of rotatable bonds is 7. The maximum absolute atomic E-state index is 12.5. The van der Waals surface area contributed by atoms with E-state index >= 15 is 0 Å². The van der Waals surface area contributed by atoms with E-state index in [9.17, 15) is 9.59 Å². The number of thiophene rings is 1. The highest BCUT2D eigenvalue weighted by Crippen LogP contribution is 2.30. The molecule has 1 fully saturated rings. The van der Waals surface area contributed by atoms with Gasteiger partial charge in [-0.1, -0.05) is 34.1 Å². The molecule has 0 atom stereocenters. The molecule has 0 saturated heterocycles. The fourth-order valence-electron chi connectivity index (χ4n) is 2.52. The van der Waals surface area contributed by atoms with Gasteiger partial charge in [0.15, 0.2) is 5.78 Å². The summed E-state index contributed by atoms with van der Waals surface area (Å²) >= 11 is 5.03. The van der Waals surface area contributed by atoms with Crippen molar-refractivity contribution >= 4 is 39.0 Å². The Hall–Kier alpha value is -1.46. The van der Waals surface area contributed by atoms with Gasteiger partial charge in [-0.05, 0) is 36.4 Å². The first kappa shape index (κ1) is 16.4. The number of halogens is 1. The summed E-state index contributed by atoms with van der Waals surface area (Å²) in [4.78, 5) is 27.9. The molecular formula is C18H18BrNO2S. The zero-order chi connectivity index (χ0) is 16.2. The third kappa shape index (κ3) is 4.52. The fourth-order valence-corrected chi connectivity index (χ4v) is 3.49. The van der Waals surface area contributed by atoms with Gasteiger partial charge in [-0.3, -0.25) is 9.59 Å². The number of ketones is 1. The van der Waals surface area contributed by atoms with Gasteiger partial charge in [0.05, 0.1) is 6.54 Å². The van der Waals surface area contributed by atoms with Gasteiger partial charge in [0.1, 0.15) is 0 Å². The maximum atomic E-state index is 12.5. The molecule has 120 valence electrons. The first-order valence-corrected chi connectivity index (χ1v) is 9.41. The Bertz CT molecular complexity index is 678. The monoisotopic (exact) mass is 391 g/mol. The number of carbonyl (C=O) groups excluding carboxylic acids is 2. The highest BCUT2D eigenvalue weighted by atomic mass is 79.9. The third-order valence-electron chi connectivity index (χ3n) is 3.95. The molecule has 2 aromatic rings. The number of benzene rings is 1. The average molecular weight is 392 g/mol. The lowest BCUT2D eigenvalue weighted by Crippen LogP contribution is -2.32. The SMILES string of the molecule is O=C(CCC(=O)N(Cc1cccs1)C1CC1)c1ccc(Br)cc1. The van der Waals surface area contributed by atoms with Gasteiger partial charge in [-0.2, -0.15) is 0 Å². The van der Waals surface area contributed by atoms with Gasteiger partial charge in [0, 0.05) is 33.8 Å². The van der Waals surface area contributed by atoms with Crippen LogP contribution < -0.4 is 0 Å². The van der Waals surface area contributed by atoms with Crippen LogP contribution in [0.2, 0.25) is 0 Å². The first-order valence-electron chi connectivity index (χ1n) is 7.74. The lowest BCUT2D eigenvalue weighted by Gasteiger charge is -2.21. The predicted molar refractivity (Wildman–Crippen MR) is 95.6 cm³/mol. The van der Waals surface area contributed by atoms with Gasteiger partial charge >= 0.3 is 0 Å². The molecule has 1 amide bonds. The Morgan fingerprint density at radius 3 is 2.48 bits per heavy atom. The summed E-state index contributed by atoms with van der Waals surface area (Å²) in [7, 11) is 0. The van der Waals surface area contributed by atoms with E-state index in [1.807, 2.05) is 28.5 Å². The smallest absolute Gasteiger partial charge is 0.223 e. The van der Waals surface area contributed by atoms with Crippen LogP contribution in [0, 0.1) is 0 Å². The van der Waals surface area contributed by atoms with Crippen LogP contribution in [0.15, 0.2) is 46.3 Å². The van der Waals surface area contributed by atoms with Gasteiger partial charge in [-0.25, -0.2) is 0 Å². The van der Waals surface area contributed by atoms with Crippen LogP contribution >= 0.6 is 27.3 Å². The van der Waals surface area contributed by atoms with Crippen molar-refractivity contribution in [2.45, 2.75) is 38.3 Å². The van der Waals surface area contributed by atoms with E-state index in [1.165, 1.54) is 4.88 Å². The molecule has 3 nitrogen and oxygen atoms in total. The number of hydrogen-bond donors (Lipinski definition) is 0. The minimum atomic E-state index is 0.0257. The zero-order valence-corrected chi connectivity index (χ0v) is 15.1. The molecule has 0 N–H and O–H groups in total. The first-order chi connectivity index (χ1) is 11.1. The van der Waals surface area contributed by atoms with Crippen LogP contribution in [0.4, 0.5) is 0 Å². The summed E-state index contributed by atoms with van der Waals surface area (Å²) in [6, 6.07) is 11.7. The number of Topliss-reactive ketones (excluding diaryl/α,β-unsaturated/α-hetero) is 1. The molecule has 0 bridgehead atoms. The molecule has 1 aromatic heterocycles. The number of amides is 1. The maximum Gasteiger partial charge on any atom is 0.223 e. The summed E-state index contributed by atoms with van der Waals surface area (Å²) in [5.41, 5.74) is 0.664. The van der Waals surface area contributed by atoms with Crippen molar-refractivity contribution in [3.05, 3.63) is 56.7 Å². The van der Waals surface area contributed by atoms with Gasteiger partial charge in [0.25, 0.3) is 0 Å². The molecule has 1 aromatic carbocycles. The van der Waals surface area contributed by atoms with Crippen LogP contribution in [0.3, 0.4) is 0 Å². The summed E-state index contributed by atoms with van der Waals surface area (Å²) in [6.07, 6.45) is 2.72. The number of nitrogens with zero attached hydrogens (tertiary/aromatic N) is 1. The van der Waals surface area contributed by atoms with E-state index in [2.05, 4.69) is 22.0 Å². The number of hydrogen-bond acceptors (Lipinski definition) is 3. The highest BCUT2D eigenvalue weighted by molar-refractivity contribution is 9.10. The average Bonchev–Trinajstić information content (AvgIpc) is 3.26. The Morgan fingerprint density at radius 1 is 1.13 bits per heavy atom. The van der Waals surface area contributed by atoms with Crippen molar-refractivity contribution in [3.8, 4) is 0 Å². The van der Waals surface area contributed by atoms with E-state index in [1.54, 1.807) is 23.5 Å². The van der Waals surface area contributed by atoms with E-state index in [0.29, 0.717) is 18.2 Å². The highest BCUT2D eigenvalue weighted by Gasteiger charge is 2.32. The predicted octanol–water partition coefficient (Wildman–Crippen LogP) is 4.66.